The lowest BCUT2D eigenvalue weighted by Crippen LogP contribution is -2.45. The molecular formula is C17H26N2O2. The summed E-state index contributed by atoms with van der Waals surface area (Å²) in [6, 6.07) is 8.36. The Kier molecular flexibility index (Phi) is 6.54. The van der Waals surface area contributed by atoms with Crippen LogP contribution in [0.2, 0.25) is 0 Å². The number of hydrogen-bond acceptors (Lipinski definition) is 3. The summed E-state index contributed by atoms with van der Waals surface area (Å²) in [6.45, 7) is 4.70. The molecule has 0 radical (unpaired) electrons. The van der Waals surface area contributed by atoms with Crippen LogP contribution in [0.15, 0.2) is 24.3 Å². The van der Waals surface area contributed by atoms with Crippen LogP contribution in [-0.4, -0.2) is 31.6 Å². The Morgan fingerprint density at radius 2 is 2.33 bits per heavy atom. The summed E-state index contributed by atoms with van der Waals surface area (Å²) in [4.78, 5) is 11.8. The lowest BCUT2D eigenvalue weighted by Gasteiger charge is -2.23. The van der Waals surface area contributed by atoms with Gasteiger partial charge in [0.2, 0.25) is 5.91 Å². The fourth-order valence-electron chi connectivity index (χ4n) is 2.56. The number of unbranched alkanes of at least 4 members (excludes halogenated alkanes) is 1. The Balaban J connectivity index is 1.53. The standard InChI is InChI=1S/C17H26N2O2/c1-14-6-4-8-16(12-14)21-11-3-2-9-17(20)19-15-7-5-10-18-13-15/h4,6,8,12,15,18H,2-3,5,7,9-11,13H2,1H3,(H,19,20). The third-order valence-electron chi connectivity index (χ3n) is 3.72. The second-order valence-electron chi connectivity index (χ2n) is 5.73. The number of carbonyl (C=O) groups excluding carboxylic acids is 1. The molecule has 0 aliphatic carbocycles. The van der Waals surface area contributed by atoms with Gasteiger partial charge in [0.1, 0.15) is 5.75 Å². The van der Waals surface area contributed by atoms with Crippen LogP contribution in [-0.2, 0) is 4.79 Å². The fourth-order valence-corrected chi connectivity index (χ4v) is 2.56. The van der Waals surface area contributed by atoms with E-state index in [-0.39, 0.29) is 5.91 Å². The summed E-state index contributed by atoms with van der Waals surface area (Å²) in [6.07, 6.45) is 4.61. The molecule has 2 rings (SSSR count). The number of amides is 1. The molecule has 116 valence electrons. The molecule has 21 heavy (non-hydrogen) atoms. The predicted octanol–water partition coefficient (Wildman–Crippen LogP) is 2.41. The van der Waals surface area contributed by atoms with Crippen molar-refractivity contribution in [1.82, 2.24) is 10.6 Å². The second-order valence-corrected chi connectivity index (χ2v) is 5.73. The van der Waals surface area contributed by atoms with Gasteiger partial charge < -0.3 is 15.4 Å². The highest BCUT2D eigenvalue weighted by Crippen LogP contribution is 2.13. The van der Waals surface area contributed by atoms with Crippen LogP contribution in [0.5, 0.6) is 5.75 Å². The molecule has 4 nitrogen and oxygen atoms in total. The number of hydrogen-bond donors (Lipinski definition) is 2. The first-order valence-electron chi connectivity index (χ1n) is 7.93. The summed E-state index contributed by atoms with van der Waals surface area (Å²) in [5, 5.41) is 6.40. The molecule has 1 atom stereocenters. The molecular weight excluding hydrogens is 264 g/mol. The maximum atomic E-state index is 11.8. The Hall–Kier alpha value is -1.55. The second kappa shape index (κ2) is 8.67. The monoisotopic (exact) mass is 290 g/mol. The minimum absolute atomic E-state index is 0.166. The van der Waals surface area contributed by atoms with Crippen molar-refractivity contribution in [3.05, 3.63) is 29.8 Å². The number of rotatable bonds is 7. The maximum Gasteiger partial charge on any atom is 0.220 e. The first-order chi connectivity index (χ1) is 10.2. The van der Waals surface area contributed by atoms with Crippen molar-refractivity contribution in [3.63, 3.8) is 0 Å². The SMILES string of the molecule is Cc1cccc(OCCCCC(=O)NC2CCCNC2)c1. The normalized spacial score (nSPS) is 18.2. The van der Waals surface area contributed by atoms with Gasteiger partial charge in [-0.05, 0) is 56.8 Å². The molecule has 1 fully saturated rings. The van der Waals surface area contributed by atoms with Gasteiger partial charge in [0.25, 0.3) is 0 Å². The van der Waals surface area contributed by atoms with E-state index in [4.69, 9.17) is 4.74 Å². The zero-order chi connectivity index (χ0) is 14.9. The molecule has 2 N–H and O–H groups in total. The van der Waals surface area contributed by atoms with Gasteiger partial charge in [-0.2, -0.15) is 0 Å². The summed E-state index contributed by atoms with van der Waals surface area (Å²) < 4.78 is 5.68. The van der Waals surface area contributed by atoms with Crippen LogP contribution in [0.1, 0.15) is 37.7 Å². The third kappa shape index (κ3) is 6.17. The van der Waals surface area contributed by atoms with E-state index in [0.29, 0.717) is 19.1 Å². The first-order valence-corrected chi connectivity index (χ1v) is 7.93. The lowest BCUT2D eigenvalue weighted by atomic mass is 10.1. The highest BCUT2D eigenvalue weighted by Gasteiger charge is 2.14. The van der Waals surface area contributed by atoms with Gasteiger partial charge in [-0.15, -0.1) is 0 Å². The Morgan fingerprint density at radius 3 is 3.10 bits per heavy atom. The molecule has 0 aromatic heterocycles. The topological polar surface area (TPSA) is 50.4 Å². The molecule has 0 saturated carbocycles. The molecule has 1 heterocycles. The highest BCUT2D eigenvalue weighted by molar-refractivity contribution is 5.76. The molecule has 1 saturated heterocycles. The first kappa shape index (κ1) is 15.8. The third-order valence-corrected chi connectivity index (χ3v) is 3.72. The van der Waals surface area contributed by atoms with E-state index in [1.54, 1.807) is 0 Å². The van der Waals surface area contributed by atoms with Crippen molar-refractivity contribution >= 4 is 5.91 Å². The molecule has 1 aromatic rings. The Labute approximate surface area is 127 Å². The van der Waals surface area contributed by atoms with Crippen LogP contribution < -0.4 is 15.4 Å². The number of aryl methyl sites for hydroxylation is 1. The van der Waals surface area contributed by atoms with E-state index in [2.05, 4.69) is 23.6 Å². The van der Waals surface area contributed by atoms with Gasteiger partial charge in [0.05, 0.1) is 6.61 Å². The van der Waals surface area contributed by atoms with Crippen molar-refractivity contribution < 1.29 is 9.53 Å². The van der Waals surface area contributed by atoms with E-state index >= 15 is 0 Å². The molecule has 1 aliphatic heterocycles. The predicted molar refractivity (Wildman–Crippen MR) is 84.6 cm³/mol. The zero-order valence-electron chi connectivity index (χ0n) is 12.9. The summed E-state index contributed by atoms with van der Waals surface area (Å²) in [5.41, 5.74) is 1.20. The summed E-state index contributed by atoms with van der Waals surface area (Å²) in [7, 11) is 0. The molecule has 0 bridgehead atoms. The van der Waals surface area contributed by atoms with Gasteiger partial charge in [-0.1, -0.05) is 12.1 Å². The number of piperidine rings is 1. The number of ether oxygens (including phenoxy) is 1. The smallest absolute Gasteiger partial charge is 0.220 e. The minimum atomic E-state index is 0.166. The average Bonchev–Trinajstić information content (AvgIpc) is 2.48. The average molecular weight is 290 g/mol. The quantitative estimate of drug-likeness (QED) is 0.758. The van der Waals surface area contributed by atoms with Crippen LogP contribution in [0.4, 0.5) is 0 Å². The summed E-state index contributed by atoms with van der Waals surface area (Å²) in [5.74, 6) is 1.08. The van der Waals surface area contributed by atoms with E-state index < -0.39 is 0 Å². The van der Waals surface area contributed by atoms with Crippen LogP contribution >= 0.6 is 0 Å². The van der Waals surface area contributed by atoms with Crippen LogP contribution in [0.3, 0.4) is 0 Å². The van der Waals surface area contributed by atoms with E-state index in [9.17, 15) is 4.79 Å². The van der Waals surface area contributed by atoms with Gasteiger partial charge in [0.15, 0.2) is 0 Å². The van der Waals surface area contributed by atoms with Gasteiger partial charge in [-0.25, -0.2) is 0 Å². The van der Waals surface area contributed by atoms with Gasteiger partial charge >= 0.3 is 0 Å². The van der Waals surface area contributed by atoms with Crippen molar-refractivity contribution in [1.29, 1.82) is 0 Å². The molecule has 0 spiro atoms. The Morgan fingerprint density at radius 1 is 1.43 bits per heavy atom. The van der Waals surface area contributed by atoms with Crippen LogP contribution in [0.25, 0.3) is 0 Å². The molecule has 1 aromatic carbocycles. The zero-order valence-corrected chi connectivity index (χ0v) is 12.9. The van der Waals surface area contributed by atoms with Crippen molar-refractivity contribution in [2.45, 2.75) is 45.1 Å². The van der Waals surface area contributed by atoms with Crippen molar-refractivity contribution in [2.75, 3.05) is 19.7 Å². The molecule has 4 heteroatoms. The molecule has 1 unspecified atom stereocenters. The van der Waals surface area contributed by atoms with Gasteiger partial charge in [-0.3, -0.25) is 4.79 Å². The van der Waals surface area contributed by atoms with Crippen molar-refractivity contribution in [2.24, 2.45) is 0 Å². The van der Waals surface area contributed by atoms with E-state index in [1.165, 1.54) is 5.56 Å². The fraction of sp³-hybridized carbons (Fsp3) is 0.588. The highest BCUT2D eigenvalue weighted by atomic mass is 16.5. The van der Waals surface area contributed by atoms with Crippen LogP contribution in [0, 0.1) is 6.92 Å². The molecule has 1 aliphatic rings. The van der Waals surface area contributed by atoms with Gasteiger partial charge in [0, 0.05) is 19.0 Å². The maximum absolute atomic E-state index is 11.8. The minimum Gasteiger partial charge on any atom is -0.494 e. The number of nitrogens with one attached hydrogen (secondary N) is 2. The lowest BCUT2D eigenvalue weighted by molar-refractivity contribution is -0.122. The number of carbonyl (C=O) groups is 1. The number of benzene rings is 1. The van der Waals surface area contributed by atoms with E-state index in [0.717, 1.165) is 44.5 Å². The van der Waals surface area contributed by atoms with Crippen molar-refractivity contribution in [3.8, 4) is 5.75 Å². The van der Waals surface area contributed by atoms with E-state index in [1.807, 2.05) is 18.2 Å². The summed E-state index contributed by atoms with van der Waals surface area (Å²) >= 11 is 0. The molecule has 1 amide bonds. The largest absolute Gasteiger partial charge is 0.494 e. The Bertz CT molecular complexity index is 442.